The molecule has 0 fully saturated rings. The van der Waals surface area contributed by atoms with Crippen molar-refractivity contribution < 1.29 is 14.7 Å². The highest BCUT2D eigenvalue weighted by atomic mass is 35.5. The maximum Gasteiger partial charge on any atom is 0.308 e. The molecule has 1 aromatic carbocycles. The molecule has 1 atom stereocenters. The molecule has 1 heterocycles. The highest BCUT2D eigenvalue weighted by Crippen LogP contribution is 2.23. The van der Waals surface area contributed by atoms with E-state index in [0.29, 0.717) is 16.5 Å². The van der Waals surface area contributed by atoms with Crippen LogP contribution >= 0.6 is 11.6 Å². The first kappa shape index (κ1) is 18.9. The van der Waals surface area contributed by atoms with E-state index in [4.69, 9.17) is 16.7 Å². The van der Waals surface area contributed by atoms with Crippen LogP contribution in [0.1, 0.15) is 43.1 Å². The summed E-state index contributed by atoms with van der Waals surface area (Å²) in [4.78, 5) is 29.2. The minimum atomic E-state index is -0.961. The van der Waals surface area contributed by atoms with Gasteiger partial charge < -0.3 is 10.0 Å². The van der Waals surface area contributed by atoms with Crippen molar-refractivity contribution in [3.8, 4) is 5.69 Å². The molecule has 0 spiro atoms. The van der Waals surface area contributed by atoms with Gasteiger partial charge in [0.1, 0.15) is 5.82 Å². The Balaban J connectivity index is 2.37. The number of hydrogen-bond acceptors (Lipinski definition) is 4. The smallest absolute Gasteiger partial charge is 0.308 e. The summed E-state index contributed by atoms with van der Waals surface area (Å²) in [5, 5.41) is 13.8. The van der Waals surface area contributed by atoms with Crippen molar-refractivity contribution in [3.63, 3.8) is 0 Å². The second-order valence-electron chi connectivity index (χ2n) is 6.24. The van der Waals surface area contributed by atoms with Crippen molar-refractivity contribution in [2.45, 2.75) is 26.7 Å². The lowest BCUT2D eigenvalue weighted by molar-refractivity contribution is -0.141. The molecular weight excluding hydrogens is 344 g/mol. The van der Waals surface area contributed by atoms with Gasteiger partial charge in [0.05, 0.1) is 16.6 Å². The molecule has 0 aliphatic rings. The summed E-state index contributed by atoms with van der Waals surface area (Å²) in [6, 6.07) is 7.18. The predicted octanol–water partition coefficient (Wildman–Crippen LogP) is 2.84. The Kier molecular flexibility index (Phi) is 5.79. The zero-order chi connectivity index (χ0) is 18.7. The lowest BCUT2D eigenvalue weighted by atomic mass is 10.2. The molecule has 0 radical (unpaired) electrons. The molecule has 0 aliphatic carbocycles. The van der Waals surface area contributed by atoms with E-state index in [9.17, 15) is 9.59 Å². The van der Waals surface area contributed by atoms with Gasteiger partial charge >= 0.3 is 5.97 Å². The van der Waals surface area contributed by atoms with E-state index < -0.39 is 17.8 Å². The lowest BCUT2D eigenvalue weighted by Gasteiger charge is -2.17. The molecule has 25 heavy (non-hydrogen) atoms. The molecule has 0 bridgehead atoms. The fourth-order valence-electron chi connectivity index (χ4n) is 2.33. The van der Waals surface area contributed by atoms with Crippen molar-refractivity contribution >= 4 is 23.5 Å². The summed E-state index contributed by atoms with van der Waals surface area (Å²) < 4.78 is 1.56. The third-order valence-corrected chi connectivity index (χ3v) is 4.06. The number of carboxylic acids is 1. The van der Waals surface area contributed by atoms with Gasteiger partial charge in [-0.15, -0.1) is 5.10 Å². The summed E-state index contributed by atoms with van der Waals surface area (Å²) in [7, 11) is 1.53. The standard InChI is InChI=1S/C17H21ClN4O3/c1-10(2)15-19-14(16(23)21(4)9-11(3)17(24)25)20-22(15)13-8-6-5-7-12(13)18/h5-8,10-11H,9H2,1-4H3,(H,24,25). The molecule has 1 aromatic heterocycles. The number of rotatable bonds is 6. The summed E-state index contributed by atoms with van der Waals surface area (Å²) in [6.45, 7) is 5.51. The van der Waals surface area contributed by atoms with Crippen LogP contribution in [0.25, 0.3) is 5.69 Å². The highest BCUT2D eigenvalue weighted by molar-refractivity contribution is 6.32. The number of carbonyl (C=O) groups excluding carboxylic acids is 1. The van der Waals surface area contributed by atoms with E-state index in [0.717, 1.165) is 0 Å². The quantitative estimate of drug-likeness (QED) is 0.851. The number of carboxylic acid groups (broad SMARTS) is 1. The maximum absolute atomic E-state index is 12.6. The van der Waals surface area contributed by atoms with E-state index in [1.807, 2.05) is 26.0 Å². The van der Waals surface area contributed by atoms with Crippen molar-refractivity contribution in [1.29, 1.82) is 0 Å². The molecular formula is C17H21ClN4O3. The Morgan fingerprint density at radius 1 is 1.28 bits per heavy atom. The lowest BCUT2D eigenvalue weighted by Crippen LogP contribution is -2.34. The van der Waals surface area contributed by atoms with Crippen LogP contribution in [0.5, 0.6) is 0 Å². The number of aromatic nitrogens is 3. The molecule has 1 unspecified atom stereocenters. The van der Waals surface area contributed by atoms with Gasteiger partial charge in [0.25, 0.3) is 5.91 Å². The Morgan fingerprint density at radius 3 is 2.48 bits per heavy atom. The molecule has 0 saturated heterocycles. The van der Waals surface area contributed by atoms with Gasteiger partial charge in [0, 0.05) is 19.5 Å². The van der Waals surface area contributed by atoms with Crippen LogP contribution < -0.4 is 0 Å². The van der Waals surface area contributed by atoms with Crippen LogP contribution in [-0.2, 0) is 4.79 Å². The number of aliphatic carboxylic acids is 1. The van der Waals surface area contributed by atoms with E-state index in [1.165, 1.54) is 11.9 Å². The summed E-state index contributed by atoms with van der Waals surface area (Å²) >= 11 is 6.24. The monoisotopic (exact) mass is 364 g/mol. The van der Waals surface area contributed by atoms with Crippen LogP contribution in [-0.4, -0.2) is 50.2 Å². The molecule has 1 amide bonds. The van der Waals surface area contributed by atoms with E-state index in [2.05, 4.69) is 10.1 Å². The number of hydrogen-bond donors (Lipinski definition) is 1. The predicted molar refractivity (Wildman–Crippen MR) is 94.2 cm³/mol. The Morgan fingerprint density at radius 2 is 1.92 bits per heavy atom. The summed E-state index contributed by atoms with van der Waals surface area (Å²) in [5.41, 5.74) is 0.640. The van der Waals surface area contributed by atoms with E-state index in [-0.39, 0.29) is 18.3 Å². The van der Waals surface area contributed by atoms with Crippen molar-refractivity contribution in [3.05, 3.63) is 40.9 Å². The number of nitrogens with zero attached hydrogens (tertiary/aromatic N) is 4. The van der Waals surface area contributed by atoms with Gasteiger partial charge in [-0.25, -0.2) is 9.67 Å². The van der Waals surface area contributed by atoms with E-state index >= 15 is 0 Å². The van der Waals surface area contributed by atoms with Crippen LogP contribution in [0.2, 0.25) is 5.02 Å². The van der Waals surface area contributed by atoms with Crippen LogP contribution in [0, 0.1) is 5.92 Å². The van der Waals surface area contributed by atoms with Gasteiger partial charge in [-0.1, -0.05) is 44.5 Å². The van der Waals surface area contributed by atoms with Crippen LogP contribution in [0.3, 0.4) is 0 Å². The number of amides is 1. The topological polar surface area (TPSA) is 88.3 Å². The minimum Gasteiger partial charge on any atom is -0.481 e. The van der Waals surface area contributed by atoms with E-state index in [1.54, 1.807) is 23.7 Å². The van der Waals surface area contributed by atoms with Gasteiger partial charge in [0.15, 0.2) is 0 Å². The largest absolute Gasteiger partial charge is 0.481 e. The van der Waals surface area contributed by atoms with Crippen molar-refractivity contribution in [1.82, 2.24) is 19.7 Å². The molecule has 7 nitrogen and oxygen atoms in total. The molecule has 0 aliphatic heterocycles. The van der Waals surface area contributed by atoms with Gasteiger partial charge in [-0.3, -0.25) is 9.59 Å². The highest BCUT2D eigenvalue weighted by Gasteiger charge is 2.24. The SMILES string of the molecule is CC(CN(C)C(=O)c1nc(C(C)C)n(-c2ccccc2Cl)n1)C(=O)O. The fraction of sp³-hybridized carbons (Fsp3) is 0.412. The van der Waals surface area contributed by atoms with Crippen LogP contribution in [0.15, 0.2) is 24.3 Å². The fourth-order valence-corrected chi connectivity index (χ4v) is 2.55. The third-order valence-electron chi connectivity index (χ3n) is 3.74. The van der Waals surface area contributed by atoms with Crippen molar-refractivity contribution in [2.75, 3.05) is 13.6 Å². The zero-order valence-corrected chi connectivity index (χ0v) is 15.4. The third kappa shape index (κ3) is 4.17. The Labute approximate surface area is 151 Å². The van der Waals surface area contributed by atoms with Gasteiger partial charge in [0.2, 0.25) is 5.82 Å². The molecule has 0 saturated carbocycles. The number of benzene rings is 1. The van der Waals surface area contributed by atoms with Crippen LogP contribution in [0.4, 0.5) is 0 Å². The summed E-state index contributed by atoms with van der Waals surface area (Å²) in [5.74, 6) is -1.42. The van der Waals surface area contributed by atoms with Gasteiger partial charge in [-0.05, 0) is 12.1 Å². The Bertz CT molecular complexity index is 788. The second-order valence-corrected chi connectivity index (χ2v) is 6.64. The molecule has 1 N–H and O–H groups in total. The van der Waals surface area contributed by atoms with Gasteiger partial charge in [-0.2, -0.15) is 0 Å². The summed E-state index contributed by atoms with van der Waals surface area (Å²) in [6.07, 6.45) is 0. The second kappa shape index (κ2) is 7.65. The van der Waals surface area contributed by atoms with Crippen molar-refractivity contribution in [2.24, 2.45) is 5.92 Å². The molecule has 134 valence electrons. The first-order valence-electron chi connectivity index (χ1n) is 7.92. The maximum atomic E-state index is 12.6. The number of para-hydroxylation sites is 1. The first-order valence-corrected chi connectivity index (χ1v) is 8.30. The normalized spacial score (nSPS) is 12.2. The molecule has 2 rings (SSSR count). The average molecular weight is 365 g/mol. The number of halogens is 1. The Hall–Kier alpha value is -2.41. The first-order chi connectivity index (χ1) is 11.7. The number of carbonyl (C=O) groups is 2. The molecule has 2 aromatic rings. The average Bonchev–Trinajstić information content (AvgIpc) is 2.99. The minimum absolute atomic E-state index is 0.0173. The zero-order valence-electron chi connectivity index (χ0n) is 14.6. The molecule has 8 heteroatoms.